The predicted molar refractivity (Wildman–Crippen MR) is 126 cm³/mol. The van der Waals surface area contributed by atoms with Crippen molar-refractivity contribution in [1.29, 1.82) is 0 Å². The fourth-order valence-electron chi connectivity index (χ4n) is 3.72. The largest absolute Gasteiger partial charge is 0.462 e. The second-order valence-electron chi connectivity index (χ2n) is 7.24. The number of esters is 1. The fraction of sp³-hybridized carbons (Fsp3) is 0.217. The summed E-state index contributed by atoms with van der Waals surface area (Å²) < 4.78 is 4.98. The van der Waals surface area contributed by atoms with Gasteiger partial charge in [0.25, 0.3) is 5.91 Å². The van der Waals surface area contributed by atoms with Gasteiger partial charge in [0.1, 0.15) is 9.88 Å². The molecular weight excluding hydrogens is 485 g/mol. The van der Waals surface area contributed by atoms with Crippen molar-refractivity contribution in [3.63, 3.8) is 0 Å². The Labute approximate surface area is 204 Å². The Morgan fingerprint density at radius 3 is 2.73 bits per heavy atom. The van der Waals surface area contributed by atoms with E-state index in [-0.39, 0.29) is 25.0 Å². The normalized spacial score (nSPS) is 17.1. The Morgan fingerprint density at radius 1 is 1.18 bits per heavy atom. The molecule has 1 aromatic heterocycles. The number of carbonyl (C=O) groups excluding carboxylic acids is 3. The molecule has 2 atom stereocenters. The maximum Gasteiger partial charge on any atom is 0.349 e. The summed E-state index contributed by atoms with van der Waals surface area (Å²) in [5, 5.41) is 7.14. The van der Waals surface area contributed by atoms with E-state index in [0.717, 1.165) is 11.3 Å². The molecule has 1 aliphatic rings. The van der Waals surface area contributed by atoms with Crippen molar-refractivity contribution in [1.82, 2.24) is 15.6 Å². The quantitative estimate of drug-likeness (QED) is 0.482. The third kappa shape index (κ3) is 4.88. The SMILES string of the molecule is CCOC(=O)c1cnc(CNC(=O)[C@@H]2c3ccccc3C(=O)N[C@H]2c2ccc(Cl)cc2Cl)s1. The van der Waals surface area contributed by atoms with Crippen LogP contribution in [0.4, 0.5) is 0 Å². The third-order valence-corrected chi connectivity index (χ3v) is 6.72. The number of hydrogen-bond acceptors (Lipinski definition) is 6. The molecular formula is C23H19Cl2N3O4S. The van der Waals surface area contributed by atoms with Crippen LogP contribution < -0.4 is 10.6 Å². The number of rotatable bonds is 6. The molecule has 2 heterocycles. The molecule has 0 unspecified atom stereocenters. The first-order valence-corrected chi connectivity index (χ1v) is 11.7. The van der Waals surface area contributed by atoms with Gasteiger partial charge < -0.3 is 15.4 Å². The summed E-state index contributed by atoms with van der Waals surface area (Å²) in [4.78, 5) is 42.6. The third-order valence-electron chi connectivity index (χ3n) is 5.18. The first kappa shape index (κ1) is 23.2. The minimum Gasteiger partial charge on any atom is -0.462 e. The Bertz CT molecular complexity index is 1230. The van der Waals surface area contributed by atoms with Gasteiger partial charge in [0.15, 0.2) is 0 Å². The Balaban J connectivity index is 1.62. The van der Waals surface area contributed by atoms with Gasteiger partial charge in [-0.15, -0.1) is 11.3 Å². The number of aromatic nitrogens is 1. The average molecular weight is 504 g/mol. The molecule has 0 spiro atoms. The highest BCUT2D eigenvalue weighted by Gasteiger charge is 2.39. The number of nitrogens with zero attached hydrogens (tertiary/aromatic N) is 1. The summed E-state index contributed by atoms with van der Waals surface area (Å²) in [6.07, 6.45) is 1.43. The van der Waals surface area contributed by atoms with Gasteiger partial charge in [0, 0.05) is 15.6 Å². The van der Waals surface area contributed by atoms with Crippen LogP contribution >= 0.6 is 34.5 Å². The van der Waals surface area contributed by atoms with Gasteiger partial charge >= 0.3 is 5.97 Å². The maximum atomic E-state index is 13.4. The smallest absolute Gasteiger partial charge is 0.349 e. The highest BCUT2D eigenvalue weighted by molar-refractivity contribution is 7.13. The van der Waals surface area contributed by atoms with E-state index in [9.17, 15) is 14.4 Å². The molecule has 7 nitrogen and oxygen atoms in total. The molecule has 0 fully saturated rings. The number of fused-ring (bicyclic) bond motifs is 1. The van der Waals surface area contributed by atoms with Gasteiger partial charge in [0.05, 0.1) is 31.3 Å². The summed E-state index contributed by atoms with van der Waals surface area (Å²) >= 11 is 13.6. The first-order chi connectivity index (χ1) is 15.9. The van der Waals surface area contributed by atoms with E-state index in [1.54, 1.807) is 49.4 Å². The number of hydrogen-bond donors (Lipinski definition) is 2. The number of thiazole rings is 1. The molecule has 170 valence electrons. The lowest BCUT2D eigenvalue weighted by molar-refractivity contribution is -0.123. The summed E-state index contributed by atoms with van der Waals surface area (Å²) in [6, 6.07) is 11.2. The zero-order valence-corrected chi connectivity index (χ0v) is 19.8. The van der Waals surface area contributed by atoms with Gasteiger partial charge in [-0.05, 0) is 36.2 Å². The molecule has 0 radical (unpaired) electrons. The van der Waals surface area contributed by atoms with E-state index in [1.165, 1.54) is 6.20 Å². The number of carbonyl (C=O) groups is 3. The summed E-state index contributed by atoms with van der Waals surface area (Å²) in [5.41, 5.74) is 1.61. The fourth-order valence-corrected chi connectivity index (χ4v) is 5.00. The van der Waals surface area contributed by atoms with Crippen LogP contribution in [0, 0.1) is 0 Å². The van der Waals surface area contributed by atoms with Crippen LogP contribution in [0.1, 0.15) is 55.0 Å². The van der Waals surface area contributed by atoms with E-state index >= 15 is 0 Å². The molecule has 2 aromatic carbocycles. The lowest BCUT2D eigenvalue weighted by Gasteiger charge is -2.34. The van der Waals surface area contributed by atoms with Crippen LogP contribution in [0.2, 0.25) is 10.0 Å². The highest BCUT2D eigenvalue weighted by atomic mass is 35.5. The Kier molecular flexibility index (Phi) is 6.97. The first-order valence-electron chi connectivity index (χ1n) is 10.1. The molecule has 10 heteroatoms. The van der Waals surface area contributed by atoms with Crippen LogP contribution in [0.3, 0.4) is 0 Å². The van der Waals surface area contributed by atoms with Crippen molar-refractivity contribution in [3.8, 4) is 0 Å². The lowest BCUT2D eigenvalue weighted by atomic mass is 9.80. The van der Waals surface area contributed by atoms with Crippen molar-refractivity contribution < 1.29 is 19.1 Å². The monoisotopic (exact) mass is 503 g/mol. The molecule has 33 heavy (non-hydrogen) atoms. The molecule has 3 aromatic rings. The number of ether oxygens (including phenoxy) is 1. The predicted octanol–water partition coefficient (Wildman–Crippen LogP) is 4.51. The molecule has 4 rings (SSSR count). The minimum absolute atomic E-state index is 0.122. The minimum atomic E-state index is -0.734. The van der Waals surface area contributed by atoms with Crippen molar-refractivity contribution in [2.45, 2.75) is 25.4 Å². The second-order valence-corrected chi connectivity index (χ2v) is 9.20. The zero-order valence-electron chi connectivity index (χ0n) is 17.4. The van der Waals surface area contributed by atoms with Crippen molar-refractivity contribution in [2.24, 2.45) is 0 Å². The standard InChI is InChI=1S/C23H19Cl2N3O4S/c1-2-32-23(31)17-10-26-18(33-17)11-27-22(30)19-13-5-3-4-6-14(13)21(29)28-20(19)15-8-7-12(24)9-16(15)25/h3-10,19-20H,2,11H2,1H3,(H,27,30)(H,28,29)/t19-,20+/m1/s1. The van der Waals surface area contributed by atoms with E-state index in [0.29, 0.717) is 36.6 Å². The average Bonchev–Trinajstić information content (AvgIpc) is 3.27. The van der Waals surface area contributed by atoms with Gasteiger partial charge in [-0.2, -0.15) is 0 Å². The van der Waals surface area contributed by atoms with Crippen molar-refractivity contribution in [2.75, 3.05) is 6.61 Å². The molecule has 0 bridgehead atoms. The second kappa shape index (κ2) is 9.91. The van der Waals surface area contributed by atoms with Crippen LogP contribution in [0.15, 0.2) is 48.7 Å². The van der Waals surface area contributed by atoms with Gasteiger partial charge in [-0.1, -0.05) is 47.5 Å². The zero-order chi connectivity index (χ0) is 23.5. The van der Waals surface area contributed by atoms with E-state index < -0.39 is 17.9 Å². The molecule has 0 saturated heterocycles. The molecule has 2 amide bonds. The number of amides is 2. The molecule has 1 aliphatic heterocycles. The van der Waals surface area contributed by atoms with Gasteiger partial charge in [0.2, 0.25) is 5.91 Å². The number of benzene rings is 2. The van der Waals surface area contributed by atoms with E-state index in [1.807, 2.05) is 0 Å². The Morgan fingerprint density at radius 2 is 1.97 bits per heavy atom. The van der Waals surface area contributed by atoms with Crippen LogP contribution in [0.5, 0.6) is 0 Å². The summed E-state index contributed by atoms with van der Waals surface area (Å²) in [6.45, 7) is 2.12. The molecule has 2 N–H and O–H groups in total. The Hall–Kier alpha value is -2.94. The summed E-state index contributed by atoms with van der Waals surface area (Å²) in [5.74, 6) is -1.79. The van der Waals surface area contributed by atoms with Gasteiger partial charge in [-0.3, -0.25) is 9.59 Å². The van der Waals surface area contributed by atoms with Crippen LogP contribution in [0.25, 0.3) is 0 Å². The van der Waals surface area contributed by atoms with Crippen LogP contribution in [-0.4, -0.2) is 29.4 Å². The van der Waals surface area contributed by atoms with E-state index in [2.05, 4.69) is 15.6 Å². The van der Waals surface area contributed by atoms with Gasteiger partial charge in [-0.25, -0.2) is 9.78 Å². The topological polar surface area (TPSA) is 97.4 Å². The van der Waals surface area contributed by atoms with Crippen LogP contribution in [-0.2, 0) is 16.1 Å². The maximum absolute atomic E-state index is 13.4. The van der Waals surface area contributed by atoms with Crippen molar-refractivity contribution in [3.05, 3.63) is 85.3 Å². The van der Waals surface area contributed by atoms with Crippen molar-refractivity contribution >= 4 is 52.3 Å². The number of halogens is 2. The van der Waals surface area contributed by atoms with E-state index in [4.69, 9.17) is 27.9 Å². The molecule has 0 aliphatic carbocycles. The lowest BCUT2D eigenvalue weighted by Crippen LogP contribution is -2.44. The highest BCUT2D eigenvalue weighted by Crippen LogP contribution is 2.40. The molecule has 0 saturated carbocycles. The number of nitrogens with one attached hydrogen (secondary N) is 2. The summed E-state index contributed by atoms with van der Waals surface area (Å²) in [7, 11) is 0.